The molecule has 0 bridgehead atoms. The van der Waals surface area contributed by atoms with Gasteiger partial charge in [0.1, 0.15) is 30.0 Å². The standard InChI is InChI=1S/C34H29NO5/c1-22-17-27-18-26(15-16-29(27)40-22)32(36)30-31(35(34(38)33(30)37)20-23-9-4-2-5-10-23)25-13-8-14-28(19-25)39-21-24-11-6-3-7-12-24/h2-16,18-19,22,31,36H,17,20-21H2,1H3/b32-30+/t22-,31-/m1/s1. The lowest BCUT2D eigenvalue weighted by Crippen LogP contribution is -2.29. The molecule has 0 spiro atoms. The second-order valence-corrected chi connectivity index (χ2v) is 10.2. The molecule has 0 aliphatic carbocycles. The Balaban J connectivity index is 1.41. The quantitative estimate of drug-likeness (QED) is 0.174. The molecule has 6 nitrogen and oxygen atoms in total. The van der Waals surface area contributed by atoms with Crippen LogP contribution in [0.1, 0.15) is 40.8 Å². The van der Waals surface area contributed by atoms with Gasteiger partial charge in [-0.15, -0.1) is 0 Å². The van der Waals surface area contributed by atoms with E-state index < -0.39 is 17.7 Å². The van der Waals surface area contributed by atoms with E-state index in [9.17, 15) is 14.7 Å². The largest absolute Gasteiger partial charge is 0.507 e. The van der Waals surface area contributed by atoms with Crippen LogP contribution in [0.5, 0.6) is 11.5 Å². The van der Waals surface area contributed by atoms with Crippen molar-refractivity contribution < 1.29 is 24.2 Å². The first-order chi connectivity index (χ1) is 19.5. The fraction of sp³-hybridized carbons (Fsp3) is 0.176. The lowest BCUT2D eigenvalue weighted by Gasteiger charge is -2.26. The maximum Gasteiger partial charge on any atom is 0.295 e. The minimum atomic E-state index is -0.788. The number of likely N-dealkylation sites (tertiary alicyclic amines) is 1. The third-order valence-corrected chi connectivity index (χ3v) is 7.33. The van der Waals surface area contributed by atoms with Gasteiger partial charge in [-0.25, -0.2) is 0 Å². The molecule has 40 heavy (non-hydrogen) atoms. The number of carbonyl (C=O) groups excluding carboxylic acids is 2. The second kappa shape index (κ2) is 10.7. The summed E-state index contributed by atoms with van der Waals surface area (Å²) in [6.07, 6.45) is 0.755. The average molecular weight is 532 g/mol. The van der Waals surface area contributed by atoms with E-state index in [4.69, 9.17) is 9.47 Å². The molecule has 200 valence electrons. The number of fused-ring (bicyclic) bond motifs is 1. The average Bonchev–Trinajstić information content (AvgIpc) is 3.48. The summed E-state index contributed by atoms with van der Waals surface area (Å²) in [6.45, 7) is 2.59. The van der Waals surface area contributed by atoms with Crippen molar-refractivity contribution in [2.75, 3.05) is 0 Å². The summed E-state index contributed by atoms with van der Waals surface area (Å²) in [5.41, 5.74) is 4.10. The molecule has 2 atom stereocenters. The molecule has 2 aliphatic rings. The Labute approximate surface area is 233 Å². The third kappa shape index (κ3) is 4.96. The number of benzene rings is 4. The van der Waals surface area contributed by atoms with Crippen molar-refractivity contribution in [2.24, 2.45) is 0 Å². The fourth-order valence-corrected chi connectivity index (χ4v) is 5.41. The lowest BCUT2D eigenvalue weighted by atomic mass is 9.94. The van der Waals surface area contributed by atoms with Crippen molar-refractivity contribution in [1.82, 2.24) is 4.90 Å². The summed E-state index contributed by atoms with van der Waals surface area (Å²) in [5, 5.41) is 11.6. The Hall–Kier alpha value is -4.84. The number of rotatable bonds is 7. The molecule has 0 radical (unpaired) electrons. The summed E-state index contributed by atoms with van der Waals surface area (Å²) in [5.74, 6) is -0.177. The maximum absolute atomic E-state index is 13.5. The zero-order valence-corrected chi connectivity index (χ0v) is 22.1. The van der Waals surface area contributed by atoms with Gasteiger partial charge in [0.15, 0.2) is 0 Å². The van der Waals surface area contributed by atoms with Crippen LogP contribution < -0.4 is 9.47 Å². The van der Waals surface area contributed by atoms with E-state index in [1.807, 2.05) is 97.9 Å². The number of ketones is 1. The number of nitrogens with zero attached hydrogens (tertiary/aromatic N) is 1. The minimum Gasteiger partial charge on any atom is -0.507 e. The number of hydrogen-bond donors (Lipinski definition) is 1. The number of Topliss-reactive ketones (excluding diaryl/α,β-unsaturated/α-hetero) is 1. The number of ether oxygens (including phenoxy) is 2. The van der Waals surface area contributed by atoms with Crippen molar-refractivity contribution in [1.29, 1.82) is 0 Å². The van der Waals surface area contributed by atoms with Crippen molar-refractivity contribution >= 4 is 17.4 Å². The highest BCUT2D eigenvalue weighted by atomic mass is 16.5. The highest BCUT2D eigenvalue weighted by Gasteiger charge is 2.46. The number of carbonyl (C=O) groups is 2. The summed E-state index contributed by atoms with van der Waals surface area (Å²) in [4.78, 5) is 28.5. The molecule has 1 saturated heterocycles. The van der Waals surface area contributed by atoms with Crippen molar-refractivity contribution in [2.45, 2.75) is 38.6 Å². The van der Waals surface area contributed by atoms with Crippen LogP contribution in [0, 0.1) is 0 Å². The Kier molecular flexibility index (Phi) is 6.83. The van der Waals surface area contributed by atoms with Gasteiger partial charge in [-0.2, -0.15) is 0 Å². The van der Waals surface area contributed by atoms with Gasteiger partial charge in [-0.05, 0) is 59.5 Å². The lowest BCUT2D eigenvalue weighted by molar-refractivity contribution is -0.140. The van der Waals surface area contributed by atoms with E-state index in [1.165, 1.54) is 4.90 Å². The first-order valence-corrected chi connectivity index (χ1v) is 13.4. The number of aliphatic hydroxyl groups is 1. The van der Waals surface area contributed by atoms with E-state index >= 15 is 0 Å². The van der Waals surface area contributed by atoms with Crippen LogP contribution in [0.15, 0.2) is 109 Å². The van der Waals surface area contributed by atoms with Crippen LogP contribution in [0.3, 0.4) is 0 Å². The molecule has 1 amide bonds. The van der Waals surface area contributed by atoms with E-state index in [0.29, 0.717) is 29.9 Å². The molecular weight excluding hydrogens is 502 g/mol. The Bertz CT molecular complexity index is 1600. The predicted molar refractivity (Wildman–Crippen MR) is 152 cm³/mol. The van der Waals surface area contributed by atoms with Gasteiger partial charge < -0.3 is 19.5 Å². The molecule has 0 aromatic heterocycles. The van der Waals surface area contributed by atoms with E-state index in [0.717, 1.165) is 22.4 Å². The summed E-state index contributed by atoms with van der Waals surface area (Å²) in [7, 11) is 0. The van der Waals surface area contributed by atoms with Crippen LogP contribution in [0.4, 0.5) is 0 Å². The van der Waals surface area contributed by atoms with Crippen molar-refractivity contribution in [3.8, 4) is 11.5 Å². The Morgan fingerprint density at radius 3 is 2.38 bits per heavy atom. The van der Waals surface area contributed by atoms with Crippen LogP contribution >= 0.6 is 0 Å². The van der Waals surface area contributed by atoms with Crippen LogP contribution in [0.25, 0.3) is 5.76 Å². The number of amides is 1. The van der Waals surface area contributed by atoms with Gasteiger partial charge in [-0.3, -0.25) is 9.59 Å². The summed E-state index contributed by atoms with van der Waals surface area (Å²) >= 11 is 0. The zero-order valence-electron chi connectivity index (χ0n) is 22.1. The summed E-state index contributed by atoms with van der Waals surface area (Å²) < 4.78 is 11.9. The van der Waals surface area contributed by atoms with Gasteiger partial charge in [0.05, 0.1) is 11.6 Å². The third-order valence-electron chi connectivity index (χ3n) is 7.33. The molecule has 4 aromatic rings. The summed E-state index contributed by atoms with van der Waals surface area (Å²) in [6, 6.07) is 31.3. The molecule has 1 N–H and O–H groups in total. The topological polar surface area (TPSA) is 76.1 Å². The molecule has 1 fully saturated rings. The normalized spacial score (nSPS) is 19.4. The zero-order chi connectivity index (χ0) is 27.6. The van der Waals surface area contributed by atoms with Crippen LogP contribution in [-0.2, 0) is 29.2 Å². The van der Waals surface area contributed by atoms with Gasteiger partial charge in [0.25, 0.3) is 11.7 Å². The van der Waals surface area contributed by atoms with Gasteiger partial charge in [-0.1, -0.05) is 72.8 Å². The van der Waals surface area contributed by atoms with Gasteiger partial charge in [0.2, 0.25) is 0 Å². The van der Waals surface area contributed by atoms with E-state index in [1.54, 1.807) is 12.1 Å². The van der Waals surface area contributed by atoms with Gasteiger partial charge >= 0.3 is 0 Å². The number of aliphatic hydroxyl groups excluding tert-OH is 1. The monoisotopic (exact) mass is 531 g/mol. The van der Waals surface area contributed by atoms with Crippen LogP contribution in [-0.4, -0.2) is 27.8 Å². The SMILES string of the molecule is C[C@@H]1Cc2cc(/C(O)=C3\C(=O)C(=O)N(Cc4ccccc4)[C@@H]3c3cccc(OCc4ccccc4)c3)ccc2O1. The highest BCUT2D eigenvalue weighted by Crippen LogP contribution is 2.42. The van der Waals surface area contributed by atoms with Crippen molar-refractivity contribution in [3.05, 3.63) is 137 Å². The molecule has 4 aromatic carbocycles. The van der Waals surface area contributed by atoms with Crippen LogP contribution in [0.2, 0.25) is 0 Å². The fourth-order valence-electron chi connectivity index (χ4n) is 5.41. The van der Waals surface area contributed by atoms with E-state index in [-0.39, 0.29) is 24.0 Å². The first kappa shape index (κ1) is 25.4. The Morgan fingerprint density at radius 1 is 0.900 bits per heavy atom. The molecule has 6 heteroatoms. The molecule has 2 aliphatic heterocycles. The predicted octanol–water partition coefficient (Wildman–Crippen LogP) is 6.21. The molecule has 6 rings (SSSR count). The second-order valence-electron chi connectivity index (χ2n) is 10.2. The molecular formula is C34H29NO5. The first-order valence-electron chi connectivity index (χ1n) is 13.4. The maximum atomic E-state index is 13.5. The number of hydrogen-bond acceptors (Lipinski definition) is 5. The molecule has 0 saturated carbocycles. The Morgan fingerprint density at radius 2 is 1.62 bits per heavy atom. The minimum absolute atomic E-state index is 0.0440. The van der Waals surface area contributed by atoms with Gasteiger partial charge in [0, 0.05) is 18.5 Å². The molecule has 0 unspecified atom stereocenters. The highest BCUT2D eigenvalue weighted by molar-refractivity contribution is 6.46. The van der Waals surface area contributed by atoms with E-state index in [2.05, 4.69) is 0 Å². The smallest absolute Gasteiger partial charge is 0.295 e. The molecule has 2 heterocycles. The van der Waals surface area contributed by atoms with Crippen molar-refractivity contribution in [3.63, 3.8) is 0 Å².